The van der Waals surface area contributed by atoms with Crippen LogP contribution in [-0.4, -0.2) is 20.4 Å². The van der Waals surface area contributed by atoms with Crippen molar-refractivity contribution < 1.29 is 18.0 Å². The summed E-state index contributed by atoms with van der Waals surface area (Å²) in [6, 6.07) is 11.9. The van der Waals surface area contributed by atoms with Gasteiger partial charge in [-0.05, 0) is 35.4 Å². The van der Waals surface area contributed by atoms with Crippen LogP contribution in [-0.2, 0) is 24.1 Å². The molecule has 0 fully saturated rings. The summed E-state index contributed by atoms with van der Waals surface area (Å²) in [5.41, 5.74) is 1.33. The number of rotatable bonds is 3. The van der Waals surface area contributed by atoms with Gasteiger partial charge in [0.2, 0.25) is 0 Å². The Labute approximate surface area is 179 Å². The SMILES string of the molecule is Cl.O=C1C(c2cccc(Br)c2)n2cncc2CN1Cc1cccc(C(F)(F)F)c1. The number of halogens is 5. The molecule has 0 saturated heterocycles. The first-order chi connectivity index (χ1) is 13.3. The van der Waals surface area contributed by atoms with E-state index in [1.54, 1.807) is 23.5 Å². The van der Waals surface area contributed by atoms with Crippen molar-refractivity contribution in [2.24, 2.45) is 0 Å². The first kappa shape index (κ1) is 21.4. The highest BCUT2D eigenvalue weighted by Crippen LogP contribution is 2.32. The Morgan fingerprint density at radius 2 is 1.90 bits per heavy atom. The molecule has 1 aliphatic rings. The number of carbonyl (C=O) groups excluding carboxylic acids is 1. The van der Waals surface area contributed by atoms with Crippen molar-refractivity contribution in [2.45, 2.75) is 25.3 Å². The van der Waals surface area contributed by atoms with E-state index in [4.69, 9.17) is 0 Å². The summed E-state index contributed by atoms with van der Waals surface area (Å²) >= 11 is 3.42. The number of nitrogens with zero attached hydrogens (tertiary/aromatic N) is 3. The van der Waals surface area contributed by atoms with Crippen LogP contribution < -0.4 is 0 Å². The number of aromatic nitrogens is 2. The van der Waals surface area contributed by atoms with E-state index in [0.717, 1.165) is 27.9 Å². The molecule has 152 valence electrons. The molecule has 1 aromatic heterocycles. The molecule has 2 heterocycles. The van der Waals surface area contributed by atoms with Crippen LogP contribution in [0.1, 0.15) is 28.4 Å². The maximum atomic E-state index is 13.2. The Morgan fingerprint density at radius 1 is 1.14 bits per heavy atom. The average Bonchev–Trinajstić information content (AvgIpc) is 3.09. The first-order valence-electron chi connectivity index (χ1n) is 8.54. The minimum absolute atomic E-state index is 0. The van der Waals surface area contributed by atoms with Gasteiger partial charge >= 0.3 is 6.18 Å². The summed E-state index contributed by atoms with van der Waals surface area (Å²) in [7, 11) is 0. The van der Waals surface area contributed by atoms with E-state index >= 15 is 0 Å². The van der Waals surface area contributed by atoms with Crippen molar-refractivity contribution in [1.29, 1.82) is 0 Å². The molecule has 29 heavy (non-hydrogen) atoms. The molecule has 1 aliphatic heterocycles. The fourth-order valence-electron chi connectivity index (χ4n) is 3.43. The molecule has 3 aromatic rings. The largest absolute Gasteiger partial charge is 0.416 e. The third kappa shape index (κ3) is 4.33. The van der Waals surface area contributed by atoms with Gasteiger partial charge in [-0.15, -0.1) is 12.4 Å². The summed E-state index contributed by atoms with van der Waals surface area (Å²) in [4.78, 5) is 18.9. The molecule has 0 spiro atoms. The Bertz CT molecular complexity index is 1040. The van der Waals surface area contributed by atoms with Gasteiger partial charge in [0.1, 0.15) is 6.04 Å². The third-order valence-electron chi connectivity index (χ3n) is 4.72. The van der Waals surface area contributed by atoms with E-state index in [-0.39, 0.29) is 24.9 Å². The number of alkyl halides is 3. The zero-order valence-electron chi connectivity index (χ0n) is 14.9. The van der Waals surface area contributed by atoms with Crippen LogP contribution in [0.2, 0.25) is 0 Å². The molecule has 1 atom stereocenters. The minimum atomic E-state index is -4.42. The molecule has 1 unspecified atom stereocenters. The van der Waals surface area contributed by atoms with E-state index in [1.165, 1.54) is 6.07 Å². The number of carbonyl (C=O) groups is 1. The highest BCUT2D eigenvalue weighted by atomic mass is 79.9. The van der Waals surface area contributed by atoms with E-state index in [2.05, 4.69) is 20.9 Å². The summed E-state index contributed by atoms with van der Waals surface area (Å²) in [6.07, 6.45) is -1.13. The van der Waals surface area contributed by atoms with Gasteiger partial charge in [0.05, 0.1) is 24.1 Å². The van der Waals surface area contributed by atoms with Gasteiger partial charge in [0, 0.05) is 17.2 Å². The topological polar surface area (TPSA) is 38.1 Å². The molecule has 0 radical (unpaired) electrons. The van der Waals surface area contributed by atoms with Crippen LogP contribution in [0.3, 0.4) is 0 Å². The Balaban J connectivity index is 0.00000240. The van der Waals surface area contributed by atoms with Gasteiger partial charge in [-0.25, -0.2) is 4.98 Å². The number of fused-ring (bicyclic) bond motifs is 1. The van der Waals surface area contributed by atoms with Crippen molar-refractivity contribution in [3.05, 3.63) is 87.9 Å². The number of imidazole rings is 1. The van der Waals surface area contributed by atoms with Crippen LogP contribution in [0.4, 0.5) is 13.2 Å². The molecular formula is C20H16BrClF3N3O. The highest BCUT2D eigenvalue weighted by Gasteiger charge is 2.35. The Kier molecular flexibility index (Phi) is 6.05. The predicted octanol–water partition coefficient (Wildman–Crippen LogP) is 5.22. The number of hydrogen-bond donors (Lipinski definition) is 0. The fraction of sp³-hybridized carbons (Fsp3) is 0.200. The zero-order valence-corrected chi connectivity index (χ0v) is 17.3. The van der Waals surface area contributed by atoms with Gasteiger partial charge in [-0.2, -0.15) is 13.2 Å². The lowest BCUT2D eigenvalue weighted by atomic mass is 10.0. The first-order valence-corrected chi connectivity index (χ1v) is 9.33. The van der Waals surface area contributed by atoms with Crippen LogP contribution in [0.25, 0.3) is 0 Å². The van der Waals surface area contributed by atoms with E-state index in [1.807, 2.05) is 28.8 Å². The van der Waals surface area contributed by atoms with Crippen LogP contribution in [0, 0.1) is 0 Å². The number of hydrogen-bond acceptors (Lipinski definition) is 2. The van der Waals surface area contributed by atoms with Gasteiger partial charge in [0.15, 0.2) is 0 Å². The van der Waals surface area contributed by atoms with Gasteiger partial charge in [0.25, 0.3) is 5.91 Å². The normalized spacial score (nSPS) is 16.3. The quantitative estimate of drug-likeness (QED) is 0.509. The Hall–Kier alpha value is -2.32. The van der Waals surface area contributed by atoms with E-state index < -0.39 is 17.8 Å². The lowest BCUT2D eigenvalue weighted by Gasteiger charge is -2.34. The Morgan fingerprint density at radius 3 is 2.62 bits per heavy atom. The number of amides is 1. The number of benzene rings is 2. The lowest BCUT2D eigenvalue weighted by Crippen LogP contribution is -2.42. The van der Waals surface area contributed by atoms with Gasteiger partial charge in [-0.3, -0.25) is 4.79 Å². The maximum absolute atomic E-state index is 13.2. The van der Waals surface area contributed by atoms with Crippen molar-refractivity contribution in [1.82, 2.24) is 14.5 Å². The molecule has 0 saturated carbocycles. The zero-order chi connectivity index (χ0) is 19.9. The van der Waals surface area contributed by atoms with Crippen molar-refractivity contribution >= 4 is 34.2 Å². The summed E-state index contributed by atoms with van der Waals surface area (Å²) in [5.74, 6) is -0.180. The van der Waals surface area contributed by atoms with Crippen molar-refractivity contribution in [3.63, 3.8) is 0 Å². The van der Waals surface area contributed by atoms with Crippen LogP contribution in [0.5, 0.6) is 0 Å². The van der Waals surface area contributed by atoms with Gasteiger partial charge in [-0.1, -0.05) is 40.2 Å². The molecule has 0 N–H and O–H groups in total. The van der Waals surface area contributed by atoms with Crippen molar-refractivity contribution in [3.8, 4) is 0 Å². The standard InChI is InChI=1S/C20H15BrF3N3O.ClH/c21-16-6-2-4-14(8-16)18-19(28)26(11-17-9-25-12-27(17)18)10-13-3-1-5-15(7-13)20(22,23)24;/h1-9,12,18H,10-11H2;1H. The molecule has 0 bridgehead atoms. The monoisotopic (exact) mass is 485 g/mol. The second-order valence-electron chi connectivity index (χ2n) is 6.64. The maximum Gasteiger partial charge on any atom is 0.416 e. The molecule has 4 rings (SSSR count). The minimum Gasteiger partial charge on any atom is -0.330 e. The molecule has 2 aromatic carbocycles. The van der Waals surface area contributed by atoms with Crippen LogP contribution >= 0.6 is 28.3 Å². The molecule has 9 heteroatoms. The molecule has 1 amide bonds. The fourth-order valence-corrected chi connectivity index (χ4v) is 3.85. The van der Waals surface area contributed by atoms with Crippen LogP contribution in [0.15, 0.2) is 65.5 Å². The van der Waals surface area contributed by atoms with Gasteiger partial charge < -0.3 is 9.47 Å². The predicted molar refractivity (Wildman–Crippen MR) is 107 cm³/mol. The van der Waals surface area contributed by atoms with Crippen molar-refractivity contribution in [2.75, 3.05) is 0 Å². The van der Waals surface area contributed by atoms with E-state index in [0.29, 0.717) is 12.1 Å². The summed E-state index contributed by atoms with van der Waals surface area (Å²) < 4.78 is 41.7. The third-order valence-corrected chi connectivity index (χ3v) is 5.21. The van der Waals surface area contributed by atoms with E-state index in [9.17, 15) is 18.0 Å². The highest BCUT2D eigenvalue weighted by molar-refractivity contribution is 9.10. The molecule has 0 aliphatic carbocycles. The average molecular weight is 487 g/mol. The lowest BCUT2D eigenvalue weighted by molar-refractivity contribution is -0.137. The second-order valence-corrected chi connectivity index (χ2v) is 7.56. The summed E-state index contributed by atoms with van der Waals surface area (Å²) in [5, 5.41) is 0. The molecule has 4 nitrogen and oxygen atoms in total. The molecular weight excluding hydrogens is 471 g/mol. The summed E-state index contributed by atoms with van der Waals surface area (Å²) in [6.45, 7) is 0.387. The second kappa shape index (κ2) is 8.20. The smallest absolute Gasteiger partial charge is 0.330 e.